The molecule has 123 heavy (non-hydrogen) atoms. The number of aliphatic hydroxyl groups excluding tert-OH is 21. The molecule has 12 aliphatic rings. The van der Waals surface area contributed by atoms with Gasteiger partial charge < -0.3 is 183 Å². The molecule has 39 nitrogen and oxygen atoms in total. The van der Waals surface area contributed by atoms with Crippen LogP contribution in [-0.2, 0) is 80.6 Å². The van der Waals surface area contributed by atoms with Gasteiger partial charge in [-0.1, -0.05) is 105 Å². The van der Waals surface area contributed by atoms with Crippen molar-refractivity contribution in [2.75, 3.05) is 52.9 Å². The monoisotopic (exact) mass is 1770 g/mol. The fourth-order valence-corrected chi connectivity index (χ4v) is 22.6. The Balaban J connectivity index is 0.787. The van der Waals surface area contributed by atoms with E-state index >= 15 is 4.79 Å². The molecule has 7 aliphatic heterocycles. The van der Waals surface area contributed by atoms with Crippen LogP contribution in [0.1, 0.15) is 184 Å². The molecule has 43 atom stereocenters. The topological polar surface area (TPSA) is 618 Å². The molecule has 12 rings (SSSR count). The van der Waals surface area contributed by atoms with Crippen molar-refractivity contribution in [2.45, 2.75) is 398 Å². The second-order valence-corrected chi connectivity index (χ2v) is 39.0. The van der Waals surface area contributed by atoms with Crippen LogP contribution < -0.4 is 0 Å². The molecule has 0 bridgehead atoms. The van der Waals surface area contributed by atoms with Gasteiger partial charge in [0, 0.05) is 12.0 Å². The van der Waals surface area contributed by atoms with Crippen LogP contribution in [0.5, 0.6) is 0 Å². The Hall–Kier alpha value is -2.72. The summed E-state index contributed by atoms with van der Waals surface area (Å²) in [5.41, 5.74) is -7.13. The number of carbonyl (C=O) groups excluding carboxylic acids is 2. The Morgan fingerprint density at radius 3 is 1.73 bits per heavy atom. The van der Waals surface area contributed by atoms with Crippen LogP contribution in [0.15, 0.2) is 11.6 Å². The minimum Gasteiger partial charge on any atom is -0.455 e. The average molecular weight is 1770 g/mol. The molecular weight excluding hydrogens is 1630 g/mol. The predicted octanol–water partition coefficient (Wildman–Crippen LogP) is -4.09. The molecule has 5 aliphatic carbocycles. The molecule has 4 saturated carbocycles. The first kappa shape index (κ1) is 99.3. The zero-order chi connectivity index (χ0) is 89.7. The van der Waals surface area contributed by atoms with Crippen LogP contribution in [0.25, 0.3) is 0 Å². The normalized spacial score (nSPS) is 49.2. The van der Waals surface area contributed by atoms with Crippen LogP contribution >= 0.6 is 0 Å². The number of hydrogen-bond donors (Lipinski definition) is 22. The molecule has 2 unspecified atom stereocenters. The molecule has 0 radical (unpaired) electrons. The van der Waals surface area contributed by atoms with Gasteiger partial charge in [0.25, 0.3) is 0 Å². The van der Waals surface area contributed by atoms with Crippen molar-refractivity contribution in [3.63, 3.8) is 0 Å². The summed E-state index contributed by atoms with van der Waals surface area (Å²) in [5.74, 6) is -3.56. The van der Waals surface area contributed by atoms with Gasteiger partial charge in [0.05, 0.1) is 82.9 Å². The third-order valence-corrected chi connectivity index (χ3v) is 30.3. The Morgan fingerprint density at radius 2 is 1.08 bits per heavy atom. The van der Waals surface area contributed by atoms with E-state index in [1.165, 1.54) is 13.8 Å². The lowest BCUT2D eigenvalue weighted by molar-refractivity contribution is -0.376. The van der Waals surface area contributed by atoms with Crippen LogP contribution in [-0.4, -0.2) is 392 Å². The number of hydrogen-bond acceptors (Lipinski definition) is 39. The Bertz CT molecular complexity index is 3440. The van der Waals surface area contributed by atoms with Crippen LogP contribution in [0.2, 0.25) is 0 Å². The molecule has 0 amide bonds. The zero-order valence-corrected chi connectivity index (χ0v) is 71.5. The van der Waals surface area contributed by atoms with Crippen molar-refractivity contribution in [2.24, 2.45) is 50.2 Å². The molecule has 11 fully saturated rings. The number of unbranched alkanes of at least 4 members (excludes halogenated alkanes) is 7. The predicted molar refractivity (Wildman–Crippen MR) is 416 cm³/mol. The number of rotatable bonds is 33. The van der Waals surface area contributed by atoms with Crippen LogP contribution in [0.3, 0.4) is 0 Å². The highest BCUT2D eigenvalue weighted by Crippen LogP contribution is 2.76. The van der Waals surface area contributed by atoms with Gasteiger partial charge in [0.1, 0.15) is 121 Å². The molecule has 0 aromatic rings. The number of esters is 2. The maximum Gasteiger partial charge on any atom is 0.335 e. The van der Waals surface area contributed by atoms with Gasteiger partial charge in [0.2, 0.25) is 6.29 Å². The maximum atomic E-state index is 16.3. The summed E-state index contributed by atoms with van der Waals surface area (Å²) in [4.78, 5) is 31.2. The van der Waals surface area contributed by atoms with E-state index < -0.39 is 317 Å². The third-order valence-electron chi connectivity index (χ3n) is 30.3. The summed E-state index contributed by atoms with van der Waals surface area (Å²) in [5, 5.41) is 245. The molecule has 0 aromatic carbocycles. The smallest absolute Gasteiger partial charge is 0.335 e. The van der Waals surface area contributed by atoms with E-state index in [0.717, 1.165) is 37.7 Å². The lowest BCUT2D eigenvalue weighted by atomic mass is 9.33. The standard InChI is InChI=1S/C84H140O39/c1-38-64(120-72-60(101)55(96)48(34-112-72)118-76-67(105)83(108,36-87)37-113-76)57(98)62(103)73(114-38)121-66-63(104)65(119-69(106)46(116-71-59(100)53(94)45(91)32-110-71)20-16-12-11-15-19-40(88)18-14-10-9-13-17-27-85)39(2)115-75(66)123-77(107)84-26-25-78(3,4)28-42(84)41-21-22-50-79(5)29-43(89)68(80(6,35-86)49(79)23-24-81(50,7)82(41,8)30-51(84)92)122-74-61(102)56(97)54(95)47(117-74)33-111-70-58(99)52(93)44(90)31-109-70/h21,38-40,42-68,70-76,85-105,108H,9-20,22-37H2,1-8H3/t38-,39+,40?,42-,43-,44-,45+,46?,47+,48+,49+,50+,51+,52-,53-,54+,55-,56-,57-,58+,59+,60+,61+,62+,63-,64-,65-,66+,67-,68-,70-,71-,72-,73-,74-,75-,76-,79-,80-,81+,82+,83+,84+/m0/s1. The second kappa shape index (κ2) is 40.4. The molecule has 7 heterocycles. The Kier molecular flexibility index (Phi) is 32.6. The van der Waals surface area contributed by atoms with Crippen molar-refractivity contribution in [3.8, 4) is 0 Å². The van der Waals surface area contributed by atoms with E-state index in [-0.39, 0.29) is 38.2 Å². The highest BCUT2D eigenvalue weighted by molar-refractivity contribution is 5.80. The van der Waals surface area contributed by atoms with Crippen LogP contribution in [0, 0.1) is 50.2 Å². The molecule has 0 spiro atoms. The summed E-state index contributed by atoms with van der Waals surface area (Å²) in [7, 11) is 0. The van der Waals surface area contributed by atoms with E-state index in [1.807, 2.05) is 0 Å². The summed E-state index contributed by atoms with van der Waals surface area (Å²) in [6.07, 6.45) is -45.0. The number of carbonyl (C=O) groups is 2. The molecule has 7 saturated heterocycles. The quantitative estimate of drug-likeness (QED) is 0.0129. The van der Waals surface area contributed by atoms with Gasteiger partial charge >= 0.3 is 11.9 Å². The van der Waals surface area contributed by atoms with Crippen molar-refractivity contribution >= 4 is 11.9 Å². The summed E-state index contributed by atoms with van der Waals surface area (Å²) in [6, 6.07) is 0. The zero-order valence-electron chi connectivity index (χ0n) is 71.5. The number of allylic oxidation sites excluding steroid dienone is 2. The highest BCUT2D eigenvalue weighted by atomic mass is 16.8. The largest absolute Gasteiger partial charge is 0.455 e. The van der Waals surface area contributed by atoms with Crippen LogP contribution in [0.4, 0.5) is 0 Å². The van der Waals surface area contributed by atoms with Crippen molar-refractivity contribution < 1.29 is 193 Å². The minimum atomic E-state index is -2.16. The first-order chi connectivity index (χ1) is 58.0. The van der Waals surface area contributed by atoms with E-state index in [0.29, 0.717) is 70.6 Å². The van der Waals surface area contributed by atoms with Crippen molar-refractivity contribution in [1.29, 1.82) is 0 Å². The fraction of sp³-hybridized carbons (Fsp3) is 0.952. The SMILES string of the molecule is C[C@@H]1O[C@@H](O[C@H]2[C@H](OC(=O)[C@]34CCC(C)(C)C[C@H]3C3=CC[C@@H]5[C@@]6(C)C[C@H](O)[C@H](O[C@@H]7O[C@H](CO[C@@H]8OC[C@H](O)[C@H](O)[C@H]8O)[C@@H](O)[C@H](O)[C@H]7O)[C@@](C)(CO)[C@@H]6CC[C@@]5(C)[C@]3(C)C[C@H]4O)O[C@H](C)[C@H](OC(=O)C(CCCCCCC(O)CCCCCCCO)O[C@@H]3OC[C@@H](O)[C@H](O)[C@H]3O)[C@@H]2O)[C@H](O)[C@H](O)[C@H]1O[C@@H]1OC[C@@H](O[C@@H]2OC[C@](O)(CO)[C@H]2O)[C@H](O)[C@H]1O. The Labute approximate surface area is 715 Å². The first-order valence-corrected chi connectivity index (χ1v) is 44.2. The minimum absolute atomic E-state index is 0.00678. The van der Waals surface area contributed by atoms with Gasteiger partial charge in [-0.2, -0.15) is 0 Å². The van der Waals surface area contributed by atoms with Gasteiger partial charge in [-0.15, -0.1) is 0 Å². The van der Waals surface area contributed by atoms with E-state index in [1.54, 1.807) is 6.92 Å². The lowest BCUT2D eigenvalue weighted by Gasteiger charge is -2.72. The first-order valence-electron chi connectivity index (χ1n) is 44.2. The number of aliphatic hydroxyl groups is 22. The lowest BCUT2D eigenvalue weighted by Crippen LogP contribution is -2.70. The number of fused-ring (bicyclic) bond motifs is 7. The second-order valence-electron chi connectivity index (χ2n) is 39.0. The van der Waals surface area contributed by atoms with E-state index in [4.69, 9.17) is 76.2 Å². The molecule has 39 heteroatoms. The average Bonchev–Trinajstić information content (AvgIpc) is 1.60. The summed E-state index contributed by atoms with van der Waals surface area (Å²) < 4.78 is 90.0. The van der Waals surface area contributed by atoms with Crippen molar-refractivity contribution in [1.82, 2.24) is 0 Å². The van der Waals surface area contributed by atoms with E-state index in [9.17, 15) is 112 Å². The summed E-state index contributed by atoms with van der Waals surface area (Å²) in [6.45, 7) is 11.2. The Morgan fingerprint density at radius 1 is 0.504 bits per heavy atom. The molecule has 0 aromatic heterocycles. The maximum absolute atomic E-state index is 16.3. The van der Waals surface area contributed by atoms with Gasteiger partial charge in [-0.25, -0.2) is 4.79 Å². The van der Waals surface area contributed by atoms with Crippen molar-refractivity contribution in [3.05, 3.63) is 11.6 Å². The molecular formula is C84H140O39. The van der Waals surface area contributed by atoms with Gasteiger partial charge in [-0.05, 0) is 130 Å². The van der Waals surface area contributed by atoms with E-state index in [2.05, 4.69) is 40.7 Å². The highest BCUT2D eigenvalue weighted by Gasteiger charge is 2.74. The summed E-state index contributed by atoms with van der Waals surface area (Å²) >= 11 is 0. The molecule has 710 valence electrons. The fourth-order valence-electron chi connectivity index (χ4n) is 22.6. The number of ether oxygens (including phenoxy) is 15. The van der Waals surface area contributed by atoms with Gasteiger partial charge in [-0.3, -0.25) is 4.79 Å². The molecule has 22 N–H and O–H groups in total. The van der Waals surface area contributed by atoms with Gasteiger partial charge in [0.15, 0.2) is 56.1 Å². The third kappa shape index (κ3) is 19.7.